The van der Waals surface area contributed by atoms with Gasteiger partial charge in [0.25, 0.3) is 5.69 Å². The van der Waals surface area contributed by atoms with Gasteiger partial charge in [-0.15, -0.1) is 0 Å². The molecule has 19 heavy (non-hydrogen) atoms. The van der Waals surface area contributed by atoms with Gasteiger partial charge in [-0.05, 0) is 32.5 Å². The zero-order chi connectivity index (χ0) is 14.4. The van der Waals surface area contributed by atoms with Crippen molar-refractivity contribution in [1.29, 1.82) is 0 Å². The molecule has 1 rings (SSSR count). The molecule has 0 fully saturated rings. The van der Waals surface area contributed by atoms with Gasteiger partial charge in [0.05, 0.1) is 4.92 Å². The molecule has 0 radical (unpaired) electrons. The normalized spacial score (nSPS) is 11.9. The first kappa shape index (κ1) is 15.1. The van der Waals surface area contributed by atoms with Crippen molar-refractivity contribution in [3.05, 3.63) is 33.9 Å². The fourth-order valence-corrected chi connectivity index (χ4v) is 1.85. The van der Waals surface area contributed by atoms with Gasteiger partial charge in [0.1, 0.15) is 0 Å². The maximum atomic E-state index is 11.7. The zero-order valence-electron chi connectivity index (χ0n) is 11.4. The van der Waals surface area contributed by atoms with E-state index < -0.39 is 4.92 Å². The summed E-state index contributed by atoms with van der Waals surface area (Å²) in [5, 5.41) is 16.6. The molecule has 104 valence electrons. The number of carbonyl (C=O) groups is 1. The maximum Gasteiger partial charge on any atom is 0.272 e. The summed E-state index contributed by atoms with van der Waals surface area (Å²) in [5.41, 5.74) is 1.17. The van der Waals surface area contributed by atoms with Crippen LogP contribution in [0.2, 0.25) is 0 Å². The lowest BCUT2D eigenvalue weighted by atomic mass is 10.1. The Morgan fingerprint density at radius 2 is 2.16 bits per heavy atom. The number of carbonyl (C=O) groups excluding carboxylic acids is 1. The third-order valence-electron chi connectivity index (χ3n) is 2.72. The van der Waals surface area contributed by atoms with Crippen molar-refractivity contribution in [2.45, 2.75) is 33.2 Å². The van der Waals surface area contributed by atoms with Gasteiger partial charge in [-0.3, -0.25) is 14.9 Å². The molecular weight excluding hydrogens is 246 g/mol. The number of nitro benzene ring substituents is 1. The quantitative estimate of drug-likeness (QED) is 0.610. The molecule has 1 aromatic carbocycles. The second kappa shape index (κ2) is 6.84. The number of rotatable bonds is 6. The van der Waals surface area contributed by atoms with Gasteiger partial charge in [0.2, 0.25) is 5.91 Å². The van der Waals surface area contributed by atoms with Crippen molar-refractivity contribution in [1.82, 2.24) is 5.32 Å². The third-order valence-corrected chi connectivity index (χ3v) is 2.72. The second-order valence-electron chi connectivity index (χ2n) is 4.47. The molecule has 0 aromatic heterocycles. The first-order valence-corrected chi connectivity index (χ1v) is 6.22. The topological polar surface area (TPSA) is 84.3 Å². The summed E-state index contributed by atoms with van der Waals surface area (Å²) in [6.45, 7) is 6.37. The minimum Gasteiger partial charge on any atom is -0.326 e. The van der Waals surface area contributed by atoms with Crippen LogP contribution in [-0.2, 0) is 4.79 Å². The minimum absolute atomic E-state index is 0.0546. The fourth-order valence-electron chi connectivity index (χ4n) is 1.85. The zero-order valence-corrected chi connectivity index (χ0v) is 11.4. The molecule has 0 spiro atoms. The Morgan fingerprint density at radius 1 is 1.47 bits per heavy atom. The van der Waals surface area contributed by atoms with E-state index in [2.05, 4.69) is 10.6 Å². The number of hydrogen-bond acceptors (Lipinski definition) is 4. The van der Waals surface area contributed by atoms with E-state index in [0.717, 1.165) is 6.54 Å². The Kier molecular flexibility index (Phi) is 5.44. The van der Waals surface area contributed by atoms with Gasteiger partial charge in [-0.2, -0.15) is 0 Å². The summed E-state index contributed by atoms with van der Waals surface area (Å²) in [4.78, 5) is 22.0. The maximum absolute atomic E-state index is 11.7. The predicted molar refractivity (Wildman–Crippen MR) is 74.2 cm³/mol. The van der Waals surface area contributed by atoms with E-state index in [1.54, 1.807) is 19.1 Å². The highest BCUT2D eigenvalue weighted by Gasteiger charge is 2.12. The van der Waals surface area contributed by atoms with Crippen molar-refractivity contribution < 1.29 is 9.72 Å². The highest BCUT2D eigenvalue weighted by atomic mass is 16.6. The van der Waals surface area contributed by atoms with Crippen molar-refractivity contribution >= 4 is 17.3 Å². The van der Waals surface area contributed by atoms with Crippen molar-refractivity contribution in [3.63, 3.8) is 0 Å². The van der Waals surface area contributed by atoms with E-state index in [1.165, 1.54) is 6.07 Å². The number of benzene rings is 1. The summed E-state index contributed by atoms with van der Waals surface area (Å²) < 4.78 is 0. The smallest absolute Gasteiger partial charge is 0.272 e. The molecule has 1 aromatic rings. The van der Waals surface area contributed by atoms with Gasteiger partial charge in [0, 0.05) is 29.8 Å². The molecule has 1 unspecified atom stereocenters. The molecule has 1 amide bonds. The summed E-state index contributed by atoms with van der Waals surface area (Å²) in [6, 6.07) is 4.65. The van der Waals surface area contributed by atoms with Crippen molar-refractivity contribution in [2.75, 3.05) is 11.9 Å². The molecule has 0 aliphatic rings. The number of anilines is 1. The SMILES string of the molecule is CCNC(C)CC(=O)Nc1ccc([N+](=O)[O-])c(C)c1. The van der Waals surface area contributed by atoms with E-state index in [4.69, 9.17) is 0 Å². The van der Waals surface area contributed by atoms with Gasteiger partial charge in [0.15, 0.2) is 0 Å². The first-order valence-electron chi connectivity index (χ1n) is 6.22. The fraction of sp³-hybridized carbons (Fsp3) is 0.462. The summed E-state index contributed by atoms with van der Waals surface area (Å²) in [5.74, 6) is -0.110. The Hall–Kier alpha value is -1.95. The van der Waals surface area contributed by atoms with E-state index >= 15 is 0 Å². The molecule has 6 heteroatoms. The Labute approximate surface area is 112 Å². The molecule has 6 nitrogen and oxygen atoms in total. The van der Waals surface area contributed by atoms with E-state index in [-0.39, 0.29) is 17.6 Å². The first-order chi connectivity index (χ1) is 8.93. The molecule has 0 heterocycles. The van der Waals surface area contributed by atoms with Crippen LogP contribution in [-0.4, -0.2) is 23.4 Å². The van der Waals surface area contributed by atoms with Crippen LogP contribution < -0.4 is 10.6 Å². The average Bonchev–Trinajstić information content (AvgIpc) is 2.28. The lowest BCUT2D eigenvalue weighted by Crippen LogP contribution is -2.30. The minimum atomic E-state index is -0.436. The van der Waals surface area contributed by atoms with E-state index in [9.17, 15) is 14.9 Å². The molecule has 1 atom stereocenters. The number of nitro groups is 1. The standard InChI is InChI=1S/C13H19N3O3/c1-4-14-10(3)8-13(17)15-11-5-6-12(16(18)19)9(2)7-11/h5-7,10,14H,4,8H2,1-3H3,(H,15,17). The van der Waals surface area contributed by atoms with Crippen LogP contribution in [0.15, 0.2) is 18.2 Å². The van der Waals surface area contributed by atoms with Crippen molar-refractivity contribution in [2.24, 2.45) is 0 Å². The number of hydrogen-bond donors (Lipinski definition) is 2. The molecule has 0 saturated carbocycles. The number of amides is 1. The van der Waals surface area contributed by atoms with Gasteiger partial charge < -0.3 is 10.6 Å². The monoisotopic (exact) mass is 265 g/mol. The van der Waals surface area contributed by atoms with E-state index in [0.29, 0.717) is 17.7 Å². The Bertz CT molecular complexity index is 474. The lowest BCUT2D eigenvalue weighted by Gasteiger charge is -2.12. The summed E-state index contributed by atoms with van der Waals surface area (Å²) >= 11 is 0. The highest BCUT2D eigenvalue weighted by molar-refractivity contribution is 5.91. The number of nitrogens with zero attached hydrogens (tertiary/aromatic N) is 1. The van der Waals surface area contributed by atoms with Crippen LogP contribution in [0, 0.1) is 17.0 Å². The Morgan fingerprint density at radius 3 is 2.68 bits per heavy atom. The van der Waals surface area contributed by atoms with Crippen LogP contribution in [0.25, 0.3) is 0 Å². The number of aryl methyl sites for hydroxylation is 1. The van der Waals surface area contributed by atoms with Gasteiger partial charge >= 0.3 is 0 Å². The summed E-state index contributed by atoms with van der Waals surface area (Å²) in [7, 11) is 0. The van der Waals surface area contributed by atoms with Crippen LogP contribution in [0.5, 0.6) is 0 Å². The molecular formula is C13H19N3O3. The van der Waals surface area contributed by atoms with E-state index in [1.807, 2.05) is 13.8 Å². The Balaban J connectivity index is 2.65. The molecule has 2 N–H and O–H groups in total. The summed E-state index contributed by atoms with van der Waals surface area (Å²) in [6.07, 6.45) is 0.365. The molecule has 0 aliphatic carbocycles. The van der Waals surface area contributed by atoms with Crippen LogP contribution in [0.4, 0.5) is 11.4 Å². The average molecular weight is 265 g/mol. The second-order valence-corrected chi connectivity index (χ2v) is 4.47. The number of nitrogens with one attached hydrogen (secondary N) is 2. The lowest BCUT2D eigenvalue weighted by molar-refractivity contribution is -0.385. The van der Waals surface area contributed by atoms with Crippen LogP contribution in [0.1, 0.15) is 25.8 Å². The predicted octanol–water partition coefficient (Wildman–Crippen LogP) is 2.23. The van der Waals surface area contributed by atoms with Gasteiger partial charge in [-0.25, -0.2) is 0 Å². The van der Waals surface area contributed by atoms with Crippen LogP contribution >= 0.6 is 0 Å². The molecule has 0 bridgehead atoms. The van der Waals surface area contributed by atoms with Crippen molar-refractivity contribution in [3.8, 4) is 0 Å². The highest BCUT2D eigenvalue weighted by Crippen LogP contribution is 2.21. The third kappa shape index (κ3) is 4.67. The molecule has 0 saturated heterocycles. The largest absolute Gasteiger partial charge is 0.326 e. The van der Waals surface area contributed by atoms with Crippen LogP contribution in [0.3, 0.4) is 0 Å². The molecule has 0 aliphatic heterocycles. The van der Waals surface area contributed by atoms with Gasteiger partial charge in [-0.1, -0.05) is 6.92 Å².